The highest BCUT2D eigenvalue weighted by Crippen LogP contribution is 2.32. The molecule has 1 unspecified atom stereocenters. The van der Waals surface area contributed by atoms with Crippen LogP contribution in [0.4, 0.5) is 0 Å². The van der Waals surface area contributed by atoms with Gasteiger partial charge in [-0.3, -0.25) is 0 Å². The molecule has 1 aliphatic carbocycles. The van der Waals surface area contributed by atoms with Gasteiger partial charge in [0.25, 0.3) is 0 Å². The lowest BCUT2D eigenvalue weighted by molar-refractivity contribution is 0.562. The highest BCUT2D eigenvalue weighted by Gasteiger charge is 2.37. The van der Waals surface area contributed by atoms with Gasteiger partial charge in [0.1, 0.15) is 0 Å². The predicted octanol–water partition coefficient (Wildman–Crippen LogP) is 2.74. The van der Waals surface area contributed by atoms with E-state index >= 15 is 0 Å². The van der Waals surface area contributed by atoms with Crippen LogP contribution in [0.15, 0.2) is 59.5 Å². The Kier molecular flexibility index (Phi) is 2.72. The van der Waals surface area contributed by atoms with Crippen molar-refractivity contribution < 1.29 is 8.42 Å². The molecular weight excluding hydrogens is 220 g/mol. The second kappa shape index (κ2) is 3.91. The van der Waals surface area contributed by atoms with Gasteiger partial charge in [0.05, 0.1) is 9.64 Å². The summed E-state index contributed by atoms with van der Waals surface area (Å²) in [5, 5.41) is 0. The first-order chi connectivity index (χ1) is 7.56. The zero-order valence-electron chi connectivity index (χ0n) is 9.13. The van der Waals surface area contributed by atoms with E-state index in [-0.39, 0.29) is 0 Å². The molecule has 0 amide bonds. The average molecular weight is 234 g/mol. The molecule has 2 nitrogen and oxygen atoms in total. The van der Waals surface area contributed by atoms with Crippen LogP contribution in [0.1, 0.15) is 13.3 Å². The van der Waals surface area contributed by atoms with E-state index < -0.39 is 14.6 Å². The number of hydrogen-bond acceptors (Lipinski definition) is 2. The van der Waals surface area contributed by atoms with Crippen LogP contribution in [-0.2, 0) is 9.84 Å². The summed E-state index contributed by atoms with van der Waals surface area (Å²) >= 11 is 0. The van der Waals surface area contributed by atoms with E-state index in [0.29, 0.717) is 11.3 Å². The van der Waals surface area contributed by atoms with E-state index in [1.165, 1.54) is 0 Å². The molecule has 0 bridgehead atoms. The Labute approximate surface area is 96.2 Å². The van der Waals surface area contributed by atoms with Crippen molar-refractivity contribution in [3.05, 3.63) is 54.6 Å². The molecule has 0 saturated heterocycles. The Bertz CT molecular complexity index is 526. The van der Waals surface area contributed by atoms with Gasteiger partial charge in [-0.05, 0) is 25.5 Å². The molecule has 0 fully saturated rings. The van der Waals surface area contributed by atoms with Crippen LogP contribution in [0.25, 0.3) is 0 Å². The number of benzene rings is 1. The van der Waals surface area contributed by atoms with E-state index in [4.69, 9.17) is 0 Å². The Morgan fingerprint density at radius 3 is 2.38 bits per heavy atom. The maximum atomic E-state index is 12.4. The van der Waals surface area contributed by atoms with Gasteiger partial charge in [0.15, 0.2) is 9.84 Å². The summed E-state index contributed by atoms with van der Waals surface area (Å²) in [4.78, 5) is 0.387. The zero-order valence-corrected chi connectivity index (χ0v) is 9.94. The molecule has 16 heavy (non-hydrogen) atoms. The van der Waals surface area contributed by atoms with Gasteiger partial charge in [-0.2, -0.15) is 0 Å². The first-order valence-corrected chi connectivity index (χ1v) is 6.69. The van der Waals surface area contributed by atoms with Crippen molar-refractivity contribution in [3.8, 4) is 0 Å². The molecule has 0 N–H and O–H groups in total. The molecule has 84 valence electrons. The van der Waals surface area contributed by atoms with Crippen molar-refractivity contribution in [1.82, 2.24) is 0 Å². The quantitative estimate of drug-likeness (QED) is 0.788. The van der Waals surface area contributed by atoms with Crippen LogP contribution in [0.5, 0.6) is 0 Å². The van der Waals surface area contributed by atoms with Crippen LogP contribution in [0.3, 0.4) is 0 Å². The van der Waals surface area contributed by atoms with Crippen LogP contribution >= 0.6 is 0 Å². The predicted molar refractivity (Wildman–Crippen MR) is 64.9 cm³/mol. The summed E-state index contributed by atoms with van der Waals surface area (Å²) in [5.41, 5.74) is 0. The van der Waals surface area contributed by atoms with Crippen molar-refractivity contribution in [1.29, 1.82) is 0 Å². The van der Waals surface area contributed by atoms with Crippen molar-refractivity contribution in [2.75, 3.05) is 0 Å². The Morgan fingerprint density at radius 1 is 1.12 bits per heavy atom. The van der Waals surface area contributed by atoms with Crippen molar-refractivity contribution >= 4 is 9.84 Å². The minimum atomic E-state index is -3.30. The van der Waals surface area contributed by atoms with Crippen LogP contribution in [-0.4, -0.2) is 13.2 Å². The van der Waals surface area contributed by atoms with Crippen LogP contribution in [0, 0.1) is 0 Å². The largest absolute Gasteiger partial charge is 0.223 e. The monoisotopic (exact) mass is 234 g/mol. The third-order valence-corrected chi connectivity index (χ3v) is 5.31. The van der Waals surface area contributed by atoms with Gasteiger partial charge < -0.3 is 0 Å². The molecule has 3 heteroatoms. The average Bonchev–Trinajstić information content (AvgIpc) is 2.31. The van der Waals surface area contributed by atoms with Crippen molar-refractivity contribution in [2.45, 2.75) is 23.0 Å². The lowest BCUT2D eigenvalue weighted by Crippen LogP contribution is -2.33. The van der Waals surface area contributed by atoms with Crippen molar-refractivity contribution in [3.63, 3.8) is 0 Å². The molecule has 2 rings (SSSR count). The smallest absolute Gasteiger partial charge is 0.187 e. The van der Waals surface area contributed by atoms with Crippen LogP contribution < -0.4 is 0 Å². The van der Waals surface area contributed by atoms with Crippen molar-refractivity contribution in [2.24, 2.45) is 0 Å². The second-order valence-electron chi connectivity index (χ2n) is 4.12. The number of rotatable bonds is 2. The Morgan fingerprint density at radius 2 is 1.81 bits per heavy atom. The maximum absolute atomic E-state index is 12.4. The summed E-state index contributed by atoms with van der Waals surface area (Å²) in [6.45, 7) is 1.76. The minimum absolute atomic E-state index is 0.387. The third-order valence-electron chi connectivity index (χ3n) is 2.89. The van der Waals surface area contributed by atoms with E-state index in [9.17, 15) is 8.42 Å². The first-order valence-electron chi connectivity index (χ1n) is 5.20. The summed E-state index contributed by atoms with van der Waals surface area (Å²) in [6, 6.07) is 8.61. The number of sulfone groups is 1. The normalized spacial score (nSPS) is 24.6. The topological polar surface area (TPSA) is 34.1 Å². The highest BCUT2D eigenvalue weighted by molar-refractivity contribution is 7.93. The lowest BCUT2D eigenvalue weighted by Gasteiger charge is -2.26. The molecule has 0 spiro atoms. The molecule has 1 atom stereocenters. The maximum Gasteiger partial charge on any atom is 0.187 e. The van der Waals surface area contributed by atoms with Gasteiger partial charge in [0.2, 0.25) is 0 Å². The second-order valence-corrected chi connectivity index (χ2v) is 6.53. The lowest BCUT2D eigenvalue weighted by atomic mass is 10.0. The fourth-order valence-electron chi connectivity index (χ4n) is 1.78. The van der Waals surface area contributed by atoms with Gasteiger partial charge in [0, 0.05) is 0 Å². The molecule has 1 aromatic carbocycles. The number of hydrogen-bond donors (Lipinski definition) is 0. The summed E-state index contributed by atoms with van der Waals surface area (Å²) in [6.07, 6.45) is 7.85. The third kappa shape index (κ3) is 1.71. The van der Waals surface area contributed by atoms with Crippen LogP contribution in [0.2, 0.25) is 0 Å². The molecule has 0 aliphatic heterocycles. The first kappa shape index (κ1) is 11.1. The summed E-state index contributed by atoms with van der Waals surface area (Å²) in [5.74, 6) is 0. The van der Waals surface area contributed by atoms with Gasteiger partial charge in [-0.1, -0.05) is 42.5 Å². The minimum Gasteiger partial charge on any atom is -0.223 e. The zero-order chi connectivity index (χ0) is 11.6. The van der Waals surface area contributed by atoms with Gasteiger partial charge in [-0.15, -0.1) is 0 Å². The van der Waals surface area contributed by atoms with E-state index in [1.807, 2.05) is 18.2 Å². The Balaban J connectivity index is 2.48. The molecule has 0 heterocycles. The molecule has 0 radical (unpaired) electrons. The molecule has 0 saturated carbocycles. The van der Waals surface area contributed by atoms with E-state index in [0.717, 1.165) is 0 Å². The highest BCUT2D eigenvalue weighted by atomic mass is 32.2. The van der Waals surface area contributed by atoms with E-state index in [1.54, 1.807) is 43.3 Å². The number of allylic oxidation sites excluding steroid dienone is 3. The molecule has 1 aromatic rings. The summed E-state index contributed by atoms with van der Waals surface area (Å²) < 4.78 is 24.0. The SMILES string of the molecule is CC1(S(=O)(=O)c2ccccc2)C=CC=CC1. The Hall–Kier alpha value is -1.35. The standard InChI is InChI=1S/C13H14O2S/c1-13(10-6-3-7-11-13)16(14,15)12-8-4-2-5-9-12/h2-10H,11H2,1H3. The molecule has 0 aromatic heterocycles. The summed E-state index contributed by atoms with van der Waals surface area (Å²) in [7, 11) is -3.30. The van der Waals surface area contributed by atoms with Gasteiger partial charge >= 0.3 is 0 Å². The van der Waals surface area contributed by atoms with E-state index in [2.05, 4.69) is 0 Å². The fourth-order valence-corrected chi connectivity index (χ4v) is 3.40. The molecule has 1 aliphatic rings. The fraction of sp³-hybridized carbons (Fsp3) is 0.231. The van der Waals surface area contributed by atoms with Gasteiger partial charge in [-0.25, -0.2) is 8.42 Å². The molecular formula is C13H14O2S.